The van der Waals surface area contributed by atoms with E-state index in [4.69, 9.17) is 5.73 Å². The molecule has 0 aromatic heterocycles. The number of rotatable bonds is 7. The van der Waals surface area contributed by atoms with Gasteiger partial charge in [-0.25, -0.2) is 13.1 Å². The zero-order chi connectivity index (χ0) is 12.7. The minimum absolute atomic E-state index is 0.289. The maximum Gasteiger partial charge on any atom is 0.240 e. The highest BCUT2D eigenvalue weighted by molar-refractivity contribution is 7.89. The van der Waals surface area contributed by atoms with Gasteiger partial charge >= 0.3 is 0 Å². The fourth-order valence-corrected chi connectivity index (χ4v) is 2.65. The molecule has 0 heterocycles. The van der Waals surface area contributed by atoms with Crippen molar-refractivity contribution in [2.24, 2.45) is 5.73 Å². The van der Waals surface area contributed by atoms with E-state index in [0.29, 0.717) is 13.1 Å². The van der Waals surface area contributed by atoms with E-state index in [1.807, 2.05) is 6.07 Å². The largest absolute Gasteiger partial charge is 0.326 e. The summed E-state index contributed by atoms with van der Waals surface area (Å²) in [6, 6.07) is 6.72. The Kier molecular flexibility index (Phi) is 5.61. The molecular formula is C12H20N2O2S. The number of nitrogens with one attached hydrogen (secondary N) is 1. The van der Waals surface area contributed by atoms with Crippen molar-refractivity contribution in [1.82, 2.24) is 4.72 Å². The van der Waals surface area contributed by atoms with E-state index in [1.165, 1.54) is 0 Å². The molecule has 0 fully saturated rings. The van der Waals surface area contributed by atoms with Crippen LogP contribution in [0.2, 0.25) is 0 Å². The summed E-state index contributed by atoms with van der Waals surface area (Å²) in [5.74, 6) is 0. The minimum atomic E-state index is -3.38. The number of sulfonamides is 1. The van der Waals surface area contributed by atoms with Crippen molar-refractivity contribution < 1.29 is 8.42 Å². The summed E-state index contributed by atoms with van der Waals surface area (Å²) in [6.07, 6.45) is 2.97. The quantitative estimate of drug-likeness (QED) is 0.728. The second-order valence-electron chi connectivity index (χ2n) is 3.96. The average molecular weight is 256 g/mol. The van der Waals surface area contributed by atoms with Gasteiger partial charge in [-0.2, -0.15) is 0 Å². The lowest BCUT2D eigenvalue weighted by Crippen LogP contribution is -2.24. The molecule has 5 heteroatoms. The summed E-state index contributed by atoms with van der Waals surface area (Å²) < 4.78 is 26.4. The molecule has 0 aliphatic heterocycles. The Morgan fingerprint density at radius 1 is 1.29 bits per heavy atom. The van der Waals surface area contributed by atoms with Gasteiger partial charge in [0.25, 0.3) is 0 Å². The third-order valence-corrected chi connectivity index (χ3v) is 3.98. The number of nitrogens with two attached hydrogens (primary N) is 1. The Labute approximate surface area is 103 Å². The molecule has 0 unspecified atom stereocenters. The highest BCUT2D eigenvalue weighted by Crippen LogP contribution is 2.11. The van der Waals surface area contributed by atoms with Crippen LogP contribution >= 0.6 is 0 Å². The van der Waals surface area contributed by atoms with Crippen LogP contribution in [-0.4, -0.2) is 15.0 Å². The van der Waals surface area contributed by atoms with Gasteiger partial charge in [-0.3, -0.25) is 0 Å². The Morgan fingerprint density at radius 3 is 2.71 bits per heavy atom. The fraction of sp³-hybridized carbons (Fsp3) is 0.500. The second-order valence-corrected chi connectivity index (χ2v) is 5.72. The van der Waals surface area contributed by atoms with Gasteiger partial charge in [-0.05, 0) is 24.1 Å². The van der Waals surface area contributed by atoms with Crippen LogP contribution in [0.4, 0.5) is 0 Å². The van der Waals surface area contributed by atoms with Crippen LogP contribution in [0.3, 0.4) is 0 Å². The molecule has 0 spiro atoms. The molecule has 0 radical (unpaired) electrons. The third-order valence-electron chi connectivity index (χ3n) is 2.52. The van der Waals surface area contributed by atoms with Crippen molar-refractivity contribution in [2.45, 2.75) is 37.6 Å². The molecule has 0 aliphatic rings. The summed E-state index contributed by atoms with van der Waals surface area (Å²) in [4.78, 5) is 0.289. The Balaban J connectivity index is 2.68. The van der Waals surface area contributed by atoms with Crippen molar-refractivity contribution in [3.8, 4) is 0 Å². The van der Waals surface area contributed by atoms with Gasteiger partial charge < -0.3 is 5.73 Å². The molecule has 0 bridgehead atoms. The third kappa shape index (κ3) is 4.46. The SMILES string of the molecule is CCCCCNS(=O)(=O)c1cccc(CN)c1. The summed E-state index contributed by atoms with van der Waals surface area (Å²) >= 11 is 0. The van der Waals surface area contributed by atoms with Crippen molar-refractivity contribution >= 4 is 10.0 Å². The van der Waals surface area contributed by atoms with Crippen LogP contribution in [-0.2, 0) is 16.6 Å². The van der Waals surface area contributed by atoms with E-state index in [0.717, 1.165) is 24.8 Å². The van der Waals surface area contributed by atoms with Gasteiger partial charge in [0.1, 0.15) is 0 Å². The van der Waals surface area contributed by atoms with Crippen LogP contribution in [0.25, 0.3) is 0 Å². The minimum Gasteiger partial charge on any atom is -0.326 e. The molecule has 17 heavy (non-hydrogen) atoms. The molecule has 1 aromatic rings. The van der Waals surface area contributed by atoms with Crippen LogP contribution in [0.15, 0.2) is 29.2 Å². The highest BCUT2D eigenvalue weighted by atomic mass is 32.2. The monoisotopic (exact) mass is 256 g/mol. The lowest BCUT2D eigenvalue weighted by atomic mass is 10.2. The molecule has 4 nitrogen and oxygen atoms in total. The van der Waals surface area contributed by atoms with E-state index in [9.17, 15) is 8.42 Å². The van der Waals surface area contributed by atoms with E-state index < -0.39 is 10.0 Å². The normalized spacial score (nSPS) is 11.6. The molecule has 3 N–H and O–H groups in total. The second kappa shape index (κ2) is 6.74. The first kappa shape index (κ1) is 14.2. The van der Waals surface area contributed by atoms with Gasteiger partial charge in [0, 0.05) is 13.1 Å². The van der Waals surface area contributed by atoms with Gasteiger partial charge in [-0.15, -0.1) is 0 Å². The number of benzene rings is 1. The van der Waals surface area contributed by atoms with Crippen molar-refractivity contribution in [2.75, 3.05) is 6.54 Å². The maximum absolute atomic E-state index is 11.9. The molecule has 0 saturated heterocycles. The Hall–Kier alpha value is -0.910. The molecule has 96 valence electrons. The highest BCUT2D eigenvalue weighted by Gasteiger charge is 2.12. The zero-order valence-electron chi connectivity index (χ0n) is 10.1. The molecule has 1 rings (SSSR count). The van der Waals surface area contributed by atoms with E-state index in [1.54, 1.807) is 18.2 Å². The first-order valence-electron chi connectivity index (χ1n) is 5.89. The van der Waals surface area contributed by atoms with Crippen molar-refractivity contribution in [3.63, 3.8) is 0 Å². The molecule has 0 saturated carbocycles. The van der Waals surface area contributed by atoms with Crippen LogP contribution in [0, 0.1) is 0 Å². The molecule has 0 atom stereocenters. The van der Waals surface area contributed by atoms with Crippen LogP contribution < -0.4 is 10.5 Å². The standard InChI is InChI=1S/C12H20N2O2S/c1-2-3-4-8-14-17(15,16)12-7-5-6-11(9-12)10-13/h5-7,9,14H,2-4,8,10,13H2,1H3. The van der Waals surface area contributed by atoms with Gasteiger partial charge in [0.2, 0.25) is 10.0 Å². The Morgan fingerprint density at radius 2 is 2.06 bits per heavy atom. The van der Waals surface area contributed by atoms with E-state index >= 15 is 0 Å². The number of hydrogen-bond donors (Lipinski definition) is 2. The molecule has 0 aliphatic carbocycles. The molecule has 1 aromatic carbocycles. The van der Waals surface area contributed by atoms with Crippen LogP contribution in [0.5, 0.6) is 0 Å². The van der Waals surface area contributed by atoms with Crippen LogP contribution in [0.1, 0.15) is 31.7 Å². The summed E-state index contributed by atoms with van der Waals surface area (Å²) in [6.45, 7) is 2.92. The van der Waals surface area contributed by atoms with E-state index in [-0.39, 0.29) is 4.90 Å². The van der Waals surface area contributed by atoms with Gasteiger partial charge in [0.15, 0.2) is 0 Å². The molecular weight excluding hydrogens is 236 g/mol. The lowest BCUT2D eigenvalue weighted by Gasteiger charge is -2.07. The van der Waals surface area contributed by atoms with Crippen molar-refractivity contribution in [3.05, 3.63) is 29.8 Å². The first-order valence-corrected chi connectivity index (χ1v) is 7.37. The zero-order valence-corrected chi connectivity index (χ0v) is 11.0. The number of unbranched alkanes of at least 4 members (excludes halogenated alkanes) is 2. The van der Waals surface area contributed by atoms with E-state index in [2.05, 4.69) is 11.6 Å². The molecule has 0 amide bonds. The summed E-state index contributed by atoms with van der Waals surface area (Å²) in [5.41, 5.74) is 6.31. The summed E-state index contributed by atoms with van der Waals surface area (Å²) in [7, 11) is -3.38. The van der Waals surface area contributed by atoms with Gasteiger partial charge in [0.05, 0.1) is 4.90 Å². The predicted octanol–water partition coefficient (Wildman–Crippen LogP) is 1.61. The first-order chi connectivity index (χ1) is 8.10. The Bertz CT molecular complexity index is 444. The summed E-state index contributed by atoms with van der Waals surface area (Å²) in [5, 5.41) is 0. The number of hydrogen-bond acceptors (Lipinski definition) is 3. The average Bonchev–Trinajstić information content (AvgIpc) is 2.35. The maximum atomic E-state index is 11.9. The topological polar surface area (TPSA) is 72.2 Å². The fourth-order valence-electron chi connectivity index (χ4n) is 1.50. The predicted molar refractivity (Wildman–Crippen MR) is 69.0 cm³/mol. The smallest absolute Gasteiger partial charge is 0.240 e. The van der Waals surface area contributed by atoms with Gasteiger partial charge in [-0.1, -0.05) is 31.9 Å². The van der Waals surface area contributed by atoms with Crippen molar-refractivity contribution in [1.29, 1.82) is 0 Å². The lowest BCUT2D eigenvalue weighted by molar-refractivity contribution is 0.576.